The van der Waals surface area contributed by atoms with Gasteiger partial charge in [-0.05, 0) is 44.5 Å². The smallest absolute Gasteiger partial charge is 0.308 e. The van der Waals surface area contributed by atoms with E-state index in [-0.39, 0.29) is 24.7 Å². The van der Waals surface area contributed by atoms with Crippen molar-refractivity contribution in [2.75, 3.05) is 17.2 Å². The average Bonchev–Trinajstić information content (AvgIpc) is 2.68. The van der Waals surface area contributed by atoms with Gasteiger partial charge in [0.2, 0.25) is 11.7 Å². The highest BCUT2D eigenvalue weighted by Gasteiger charge is 2.26. The molecule has 0 bridgehead atoms. The number of anilines is 1. The van der Waals surface area contributed by atoms with Crippen LogP contribution in [0.3, 0.4) is 0 Å². The second-order valence-electron chi connectivity index (χ2n) is 6.87. The molecule has 3 rings (SSSR count). The summed E-state index contributed by atoms with van der Waals surface area (Å²) in [7, 11) is 0. The minimum absolute atomic E-state index is 0.0315. The molecule has 2 aromatic rings. The highest BCUT2D eigenvalue weighted by molar-refractivity contribution is 8.00. The molecule has 0 aromatic heterocycles. The molecule has 5 nitrogen and oxygen atoms in total. The second-order valence-corrected chi connectivity index (χ2v) is 7.88. The summed E-state index contributed by atoms with van der Waals surface area (Å²) in [5.74, 6) is -0.385. The number of hydrogen-bond donors (Lipinski definition) is 0. The van der Waals surface area contributed by atoms with Gasteiger partial charge in [0.1, 0.15) is 0 Å². The van der Waals surface area contributed by atoms with Crippen molar-refractivity contribution in [2.24, 2.45) is 0 Å². The Morgan fingerprint density at radius 3 is 2.71 bits per heavy atom. The summed E-state index contributed by atoms with van der Waals surface area (Å²) in [6.45, 7) is 5.59. The summed E-state index contributed by atoms with van der Waals surface area (Å²) in [4.78, 5) is 39.8. The van der Waals surface area contributed by atoms with Crippen LogP contribution in [0.15, 0.2) is 47.4 Å². The van der Waals surface area contributed by atoms with E-state index < -0.39 is 12.1 Å². The van der Waals surface area contributed by atoms with Gasteiger partial charge in [-0.3, -0.25) is 14.4 Å². The third kappa shape index (κ3) is 4.44. The fourth-order valence-corrected chi connectivity index (χ4v) is 4.07. The first-order chi connectivity index (χ1) is 13.4. The molecule has 0 radical (unpaired) electrons. The summed E-state index contributed by atoms with van der Waals surface area (Å²) in [6, 6.07) is 13.3. The number of esters is 1. The third-order valence-electron chi connectivity index (χ3n) is 4.68. The van der Waals surface area contributed by atoms with Crippen LogP contribution in [0.5, 0.6) is 0 Å². The molecule has 0 N–H and O–H groups in total. The molecule has 1 atom stereocenters. The van der Waals surface area contributed by atoms with E-state index in [1.807, 2.05) is 56.3 Å². The summed E-state index contributed by atoms with van der Waals surface area (Å²) in [5.41, 5.74) is 3.22. The molecule has 0 fully saturated rings. The Morgan fingerprint density at radius 2 is 1.93 bits per heavy atom. The van der Waals surface area contributed by atoms with Gasteiger partial charge in [-0.25, -0.2) is 0 Å². The van der Waals surface area contributed by atoms with Crippen LogP contribution in [0.25, 0.3) is 0 Å². The van der Waals surface area contributed by atoms with Gasteiger partial charge in [-0.2, -0.15) is 0 Å². The quantitative estimate of drug-likeness (QED) is 0.546. The van der Waals surface area contributed by atoms with Crippen molar-refractivity contribution in [3.63, 3.8) is 0 Å². The number of carbonyl (C=O) groups excluding carboxylic acids is 3. The molecule has 1 aliphatic heterocycles. The lowest BCUT2D eigenvalue weighted by Gasteiger charge is -2.28. The van der Waals surface area contributed by atoms with Crippen molar-refractivity contribution in [3.05, 3.63) is 59.2 Å². The van der Waals surface area contributed by atoms with E-state index in [0.29, 0.717) is 11.3 Å². The monoisotopic (exact) mass is 397 g/mol. The van der Waals surface area contributed by atoms with Gasteiger partial charge >= 0.3 is 5.97 Å². The molecular weight excluding hydrogens is 374 g/mol. The van der Waals surface area contributed by atoms with Gasteiger partial charge in [0.15, 0.2) is 6.10 Å². The van der Waals surface area contributed by atoms with E-state index in [1.54, 1.807) is 11.8 Å². The Kier molecular flexibility index (Phi) is 6.19. The van der Waals surface area contributed by atoms with Crippen molar-refractivity contribution >= 4 is 35.1 Å². The zero-order valence-electron chi connectivity index (χ0n) is 16.2. The van der Waals surface area contributed by atoms with Gasteiger partial charge in [0.05, 0.1) is 17.9 Å². The Bertz CT molecular complexity index is 925. The largest absolute Gasteiger partial charge is 0.454 e. The van der Waals surface area contributed by atoms with Crippen LogP contribution in [-0.2, 0) is 14.3 Å². The molecule has 0 spiro atoms. The van der Waals surface area contributed by atoms with Crippen LogP contribution >= 0.6 is 11.8 Å². The molecule has 1 heterocycles. The average molecular weight is 397 g/mol. The Balaban J connectivity index is 1.61. The number of nitrogens with zero attached hydrogens (tertiary/aromatic N) is 1. The number of ether oxygens (including phenoxy) is 1. The van der Waals surface area contributed by atoms with Gasteiger partial charge in [-0.1, -0.05) is 29.8 Å². The maximum absolute atomic E-state index is 12.6. The number of Topliss-reactive ketones (excluding diaryl/α,β-unsaturated/α-hetero) is 1. The normalized spacial score (nSPS) is 14.4. The summed E-state index contributed by atoms with van der Waals surface area (Å²) < 4.78 is 5.34. The molecule has 0 saturated carbocycles. The maximum atomic E-state index is 12.6. The van der Waals surface area contributed by atoms with Crippen LogP contribution in [0.2, 0.25) is 0 Å². The number of para-hydroxylation sites is 1. The van der Waals surface area contributed by atoms with Crippen LogP contribution in [0.1, 0.15) is 34.8 Å². The minimum atomic E-state index is -0.868. The Labute approximate surface area is 169 Å². The van der Waals surface area contributed by atoms with Crippen molar-refractivity contribution in [2.45, 2.75) is 38.2 Å². The van der Waals surface area contributed by atoms with Crippen LogP contribution in [-0.4, -0.2) is 36.1 Å². The maximum Gasteiger partial charge on any atom is 0.308 e. The lowest BCUT2D eigenvalue weighted by atomic mass is 9.99. The second kappa shape index (κ2) is 8.61. The third-order valence-corrected chi connectivity index (χ3v) is 5.73. The van der Waals surface area contributed by atoms with E-state index >= 15 is 0 Å². The Morgan fingerprint density at radius 1 is 1.18 bits per heavy atom. The lowest BCUT2D eigenvalue weighted by molar-refractivity contribution is -0.146. The number of hydrogen-bond acceptors (Lipinski definition) is 5. The number of carbonyl (C=O) groups is 3. The molecular formula is C22H23NO4S. The van der Waals surface area contributed by atoms with E-state index in [0.717, 1.165) is 21.7 Å². The number of amides is 1. The molecule has 6 heteroatoms. The van der Waals surface area contributed by atoms with Crippen molar-refractivity contribution in [1.29, 1.82) is 0 Å². The zero-order chi connectivity index (χ0) is 20.3. The SMILES string of the molecule is Cc1ccc(C)c(C(=O)[C@@H](C)OC(=O)CCN2C(=O)CSc3ccccc32)c1. The summed E-state index contributed by atoms with van der Waals surface area (Å²) >= 11 is 1.50. The predicted octanol–water partition coefficient (Wildman–Crippen LogP) is 3.95. The predicted molar refractivity (Wildman–Crippen MR) is 110 cm³/mol. The molecule has 0 aliphatic carbocycles. The molecule has 0 saturated heterocycles. The van der Waals surface area contributed by atoms with E-state index in [9.17, 15) is 14.4 Å². The number of benzene rings is 2. The standard InChI is InChI=1S/C22H23NO4S/c1-14-8-9-15(2)17(12-14)22(26)16(3)27-21(25)10-11-23-18-6-4-5-7-19(18)28-13-20(23)24/h4-9,12,16H,10-11,13H2,1-3H3/t16-/m1/s1. The van der Waals surface area contributed by atoms with Crippen LogP contribution < -0.4 is 4.90 Å². The molecule has 0 unspecified atom stereocenters. The van der Waals surface area contributed by atoms with E-state index in [1.165, 1.54) is 11.8 Å². The van der Waals surface area contributed by atoms with Crippen molar-refractivity contribution in [3.8, 4) is 0 Å². The number of ketones is 1. The van der Waals surface area contributed by atoms with Crippen LogP contribution in [0.4, 0.5) is 5.69 Å². The molecule has 1 amide bonds. The zero-order valence-corrected chi connectivity index (χ0v) is 17.0. The van der Waals surface area contributed by atoms with Gasteiger partial charge in [-0.15, -0.1) is 11.8 Å². The van der Waals surface area contributed by atoms with Crippen LogP contribution in [0, 0.1) is 13.8 Å². The van der Waals surface area contributed by atoms with Crippen molar-refractivity contribution in [1.82, 2.24) is 0 Å². The molecule has 2 aromatic carbocycles. The molecule has 28 heavy (non-hydrogen) atoms. The number of thioether (sulfide) groups is 1. The van der Waals surface area contributed by atoms with E-state index in [4.69, 9.17) is 4.74 Å². The Hall–Kier alpha value is -2.60. The fraction of sp³-hybridized carbons (Fsp3) is 0.318. The van der Waals surface area contributed by atoms with Gasteiger partial charge in [0.25, 0.3) is 0 Å². The highest BCUT2D eigenvalue weighted by atomic mass is 32.2. The topological polar surface area (TPSA) is 63.7 Å². The first kappa shape index (κ1) is 20.1. The summed E-state index contributed by atoms with van der Waals surface area (Å²) in [5, 5.41) is 0. The first-order valence-electron chi connectivity index (χ1n) is 9.20. The summed E-state index contributed by atoms with van der Waals surface area (Å²) in [6.07, 6.45) is -0.831. The molecule has 146 valence electrons. The number of aryl methyl sites for hydroxylation is 2. The number of fused-ring (bicyclic) bond motifs is 1. The van der Waals surface area contributed by atoms with Gasteiger partial charge in [0, 0.05) is 17.0 Å². The lowest BCUT2D eigenvalue weighted by Crippen LogP contribution is -2.37. The van der Waals surface area contributed by atoms with E-state index in [2.05, 4.69) is 0 Å². The van der Waals surface area contributed by atoms with Gasteiger partial charge < -0.3 is 9.64 Å². The number of rotatable bonds is 6. The highest BCUT2D eigenvalue weighted by Crippen LogP contribution is 2.34. The minimum Gasteiger partial charge on any atom is -0.454 e. The fourth-order valence-electron chi connectivity index (χ4n) is 3.13. The molecule has 1 aliphatic rings. The first-order valence-corrected chi connectivity index (χ1v) is 10.2. The van der Waals surface area contributed by atoms with Crippen molar-refractivity contribution < 1.29 is 19.1 Å².